The van der Waals surface area contributed by atoms with Crippen LogP contribution in [0.1, 0.15) is 90.5 Å². The van der Waals surface area contributed by atoms with Gasteiger partial charge in [-0.15, -0.1) is 0 Å². The van der Waals surface area contributed by atoms with Crippen LogP contribution in [0.2, 0.25) is 0 Å². The van der Waals surface area contributed by atoms with Crippen molar-refractivity contribution in [1.29, 1.82) is 0 Å². The van der Waals surface area contributed by atoms with Gasteiger partial charge in [0.25, 0.3) is 0 Å². The average Bonchev–Trinajstić information content (AvgIpc) is 2.64. The van der Waals surface area contributed by atoms with E-state index >= 15 is 0 Å². The van der Waals surface area contributed by atoms with Gasteiger partial charge in [-0.1, -0.05) is 0 Å². The Morgan fingerprint density at radius 2 is 1.27 bits per heavy atom. The average molecular weight is 486 g/mol. The van der Waals surface area contributed by atoms with E-state index < -0.39 is 7.26 Å². The molecule has 1 aromatic carbocycles. The van der Waals surface area contributed by atoms with Crippen molar-refractivity contribution in [3.05, 3.63) is 29.8 Å². The van der Waals surface area contributed by atoms with Crippen molar-refractivity contribution in [2.75, 3.05) is 0 Å². The number of alkyl halides is 1. The number of halogens is 1. The molecule has 0 amide bonds. The van der Waals surface area contributed by atoms with Gasteiger partial charge in [-0.2, -0.15) is 0 Å². The van der Waals surface area contributed by atoms with E-state index in [1.54, 1.807) is 5.30 Å². The fourth-order valence-corrected chi connectivity index (χ4v) is 16.1. The third-order valence-corrected chi connectivity index (χ3v) is 16.3. The van der Waals surface area contributed by atoms with Crippen molar-refractivity contribution in [2.45, 2.75) is 105 Å². The molecule has 2 saturated carbocycles. The van der Waals surface area contributed by atoms with Gasteiger partial charge in [-0.25, -0.2) is 0 Å². The maximum absolute atomic E-state index is 7.13. The zero-order chi connectivity index (χ0) is 18.8. The topological polar surface area (TPSA) is 0 Å². The summed E-state index contributed by atoms with van der Waals surface area (Å²) in [5, 5.41) is 1.64. The van der Waals surface area contributed by atoms with Crippen LogP contribution in [0.3, 0.4) is 0 Å². The summed E-state index contributed by atoms with van der Waals surface area (Å²) in [6.07, 6.45) is 14.1. The van der Waals surface area contributed by atoms with E-state index in [0.29, 0.717) is 0 Å². The number of benzene rings is 1. The van der Waals surface area contributed by atoms with Crippen molar-refractivity contribution in [1.82, 2.24) is 0 Å². The van der Waals surface area contributed by atoms with Crippen molar-refractivity contribution in [2.24, 2.45) is 0 Å². The standard InChI is InChI=1S/C23H37ClP.Pd/c1-23(2,3)19-14-16-22(17-15-19)25(18-24,20-10-6-4-7-11-20)21-12-8-5-9-13-21;/h14-18,20-21,25H,4-13H2,1-3H3;. The summed E-state index contributed by atoms with van der Waals surface area (Å²) in [6.45, 7) is 6.93. The summed E-state index contributed by atoms with van der Waals surface area (Å²) in [7, 11) is -1.83. The van der Waals surface area contributed by atoms with Gasteiger partial charge < -0.3 is 0 Å². The Morgan fingerprint density at radius 1 is 0.846 bits per heavy atom. The predicted molar refractivity (Wildman–Crippen MR) is 116 cm³/mol. The minimum absolute atomic E-state index is 0.192. The maximum atomic E-state index is 7.13. The molecule has 0 N–H and O–H groups in total. The van der Waals surface area contributed by atoms with Crippen LogP contribution < -0.4 is 5.30 Å². The fourth-order valence-electron chi connectivity index (χ4n) is 5.67. The van der Waals surface area contributed by atoms with Crippen LogP contribution in [0.5, 0.6) is 0 Å². The van der Waals surface area contributed by atoms with E-state index in [-0.39, 0.29) is 9.01 Å². The van der Waals surface area contributed by atoms with Crippen LogP contribution >= 0.6 is 18.9 Å². The zero-order valence-electron chi connectivity index (χ0n) is 16.8. The fraction of sp³-hybridized carbons (Fsp3) is 0.739. The molecule has 2 fully saturated rings. The second kappa shape index (κ2) is 8.95. The van der Waals surface area contributed by atoms with Crippen molar-refractivity contribution >= 4 is 24.2 Å². The molecule has 0 spiro atoms. The molecule has 1 atom stereocenters. The quantitative estimate of drug-likeness (QED) is 0.242. The molecule has 0 heterocycles. The molecule has 0 radical (unpaired) electrons. The molecule has 151 valence electrons. The van der Waals surface area contributed by atoms with Gasteiger partial charge in [0, 0.05) is 0 Å². The van der Waals surface area contributed by atoms with E-state index in [1.165, 1.54) is 69.8 Å². The van der Waals surface area contributed by atoms with Crippen LogP contribution in [0.15, 0.2) is 24.3 Å². The Labute approximate surface area is 178 Å². The van der Waals surface area contributed by atoms with Gasteiger partial charge in [0.05, 0.1) is 0 Å². The molecule has 0 nitrogen and oxygen atoms in total. The van der Waals surface area contributed by atoms with E-state index in [1.807, 2.05) is 0 Å². The Balaban J connectivity index is 2.05. The summed E-state index contributed by atoms with van der Waals surface area (Å²) >= 11 is 10.8. The first-order valence-electron chi connectivity index (χ1n) is 10.7. The van der Waals surface area contributed by atoms with Crippen LogP contribution in [0.4, 0.5) is 0 Å². The van der Waals surface area contributed by atoms with E-state index in [9.17, 15) is 0 Å². The van der Waals surface area contributed by atoms with Crippen LogP contribution in [-0.4, -0.2) is 14.9 Å². The Hall–Kier alpha value is 0.602. The summed E-state index contributed by atoms with van der Waals surface area (Å²) in [4.78, 5) is 0. The number of hydrogen-bond donors (Lipinski definition) is 0. The third kappa shape index (κ3) is 4.28. The van der Waals surface area contributed by atoms with Crippen molar-refractivity contribution in [3.63, 3.8) is 0 Å². The van der Waals surface area contributed by atoms with E-state index in [0.717, 1.165) is 11.3 Å². The second-order valence-corrected chi connectivity index (χ2v) is 17.3. The first kappa shape index (κ1) is 21.3. The Bertz CT molecular complexity index is 545. The molecule has 0 bridgehead atoms. The van der Waals surface area contributed by atoms with Gasteiger partial charge in [0.2, 0.25) is 0 Å². The second-order valence-electron chi connectivity index (χ2n) is 9.70. The molecule has 1 aromatic rings. The van der Waals surface area contributed by atoms with Crippen LogP contribution in [-0.2, 0) is 24.6 Å². The molecule has 0 aliphatic heterocycles. The summed E-state index contributed by atoms with van der Waals surface area (Å²) < 4.78 is 0.192. The first-order chi connectivity index (χ1) is 12.4. The monoisotopic (exact) mass is 485 g/mol. The van der Waals surface area contributed by atoms with Crippen LogP contribution in [0, 0.1) is 0 Å². The van der Waals surface area contributed by atoms with Gasteiger partial charge in [-0.05, 0) is 0 Å². The molecular weight excluding hydrogens is 449 g/mol. The SMILES string of the molecule is CC(C)(C)c1ccc([PH]([CH](Cl)[Pd])(C2CCCCC2)C2CCCCC2)cc1. The molecule has 3 rings (SSSR count). The van der Waals surface area contributed by atoms with E-state index in [2.05, 4.69) is 64.2 Å². The zero-order valence-corrected chi connectivity index (χ0v) is 20.1. The normalized spacial score (nSPS) is 23.0. The minimum atomic E-state index is -1.83. The molecule has 0 saturated heterocycles. The summed E-state index contributed by atoms with van der Waals surface area (Å²) in [5.74, 6) is 0. The molecule has 2 aliphatic carbocycles. The molecule has 26 heavy (non-hydrogen) atoms. The molecule has 3 heteroatoms. The molecule has 2 aliphatic rings. The third-order valence-electron chi connectivity index (χ3n) is 7.14. The molecule has 1 unspecified atom stereocenters. The Kier molecular flexibility index (Phi) is 7.34. The molecular formula is C23H37ClPPd. The van der Waals surface area contributed by atoms with Crippen molar-refractivity contribution < 1.29 is 19.2 Å². The van der Waals surface area contributed by atoms with Gasteiger partial charge in [-0.3, -0.25) is 0 Å². The number of hydrogen-bond acceptors (Lipinski definition) is 0. The van der Waals surface area contributed by atoms with Crippen LogP contribution in [0.25, 0.3) is 0 Å². The van der Waals surface area contributed by atoms with Gasteiger partial charge in [0.15, 0.2) is 0 Å². The van der Waals surface area contributed by atoms with Crippen molar-refractivity contribution in [3.8, 4) is 0 Å². The Morgan fingerprint density at radius 3 is 1.62 bits per heavy atom. The van der Waals surface area contributed by atoms with Gasteiger partial charge >= 0.3 is 179 Å². The first-order valence-corrected chi connectivity index (χ1v) is 14.3. The number of rotatable bonds is 4. The van der Waals surface area contributed by atoms with Gasteiger partial charge in [0.1, 0.15) is 0 Å². The van der Waals surface area contributed by atoms with E-state index in [4.69, 9.17) is 11.6 Å². The summed E-state index contributed by atoms with van der Waals surface area (Å²) in [5.41, 5.74) is 3.38. The predicted octanol–water partition coefficient (Wildman–Crippen LogP) is 7.09. The summed E-state index contributed by atoms with van der Waals surface area (Å²) in [6, 6.07) is 9.77. The molecule has 0 aromatic heterocycles.